The van der Waals surface area contributed by atoms with Gasteiger partial charge >= 0.3 is 17.6 Å². The second-order valence-electron chi connectivity index (χ2n) is 13.1. The van der Waals surface area contributed by atoms with Crippen LogP contribution in [0.4, 0.5) is 0 Å². The van der Waals surface area contributed by atoms with E-state index in [1.807, 2.05) is 26.0 Å². The van der Waals surface area contributed by atoms with Gasteiger partial charge in [-0.2, -0.15) is 0 Å². The fraction of sp³-hybridized carbons (Fsp3) is 0.238. The van der Waals surface area contributed by atoms with Crippen LogP contribution in [0, 0.1) is 20.8 Å². The van der Waals surface area contributed by atoms with Crippen LogP contribution in [0.2, 0.25) is 0 Å². The number of carboxylic acid groups (broad SMARTS) is 1. The van der Waals surface area contributed by atoms with Crippen LogP contribution in [0.5, 0.6) is 46.0 Å². The minimum absolute atomic E-state index is 0.0419. The second kappa shape index (κ2) is 15.8. The van der Waals surface area contributed by atoms with Crippen LogP contribution in [-0.4, -0.2) is 67.6 Å². The molecule has 3 N–H and O–H groups in total. The number of aldehydes is 1. The Bertz CT molecular complexity index is 2470. The Morgan fingerprint density at radius 2 is 1.45 bits per heavy atom. The lowest BCUT2D eigenvalue weighted by molar-refractivity contribution is 0.0681. The molecule has 56 heavy (non-hydrogen) atoms. The van der Waals surface area contributed by atoms with Crippen molar-refractivity contribution in [2.75, 3.05) is 28.4 Å². The van der Waals surface area contributed by atoms with Gasteiger partial charge in [0, 0.05) is 11.6 Å². The fourth-order valence-corrected chi connectivity index (χ4v) is 6.27. The molecule has 0 spiro atoms. The van der Waals surface area contributed by atoms with Crippen LogP contribution < -0.4 is 34.0 Å². The number of hydrogen-bond donors (Lipinski definition) is 3. The maximum absolute atomic E-state index is 12.9. The molecular formula is C42H40O14. The van der Waals surface area contributed by atoms with E-state index in [9.17, 15) is 34.5 Å². The fourth-order valence-electron chi connectivity index (χ4n) is 6.27. The molecule has 6 rings (SSSR count). The van der Waals surface area contributed by atoms with Gasteiger partial charge < -0.3 is 48.2 Å². The van der Waals surface area contributed by atoms with Crippen molar-refractivity contribution in [1.29, 1.82) is 0 Å². The molecule has 0 fully saturated rings. The van der Waals surface area contributed by atoms with Crippen molar-refractivity contribution in [2.24, 2.45) is 0 Å². The highest BCUT2D eigenvalue weighted by molar-refractivity contribution is 6.01. The summed E-state index contributed by atoms with van der Waals surface area (Å²) in [6.07, 6.45) is 4.26. The summed E-state index contributed by atoms with van der Waals surface area (Å²) in [5.74, 6) is -1.18. The highest BCUT2D eigenvalue weighted by Crippen LogP contribution is 2.47. The van der Waals surface area contributed by atoms with Gasteiger partial charge in [0.2, 0.25) is 0 Å². The third kappa shape index (κ3) is 7.40. The molecule has 0 saturated carbocycles. The predicted molar refractivity (Wildman–Crippen MR) is 206 cm³/mol. The minimum Gasteiger partial charge on any atom is -0.507 e. The Hall–Kier alpha value is -6.96. The van der Waals surface area contributed by atoms with E-state index in [-0.39, 0.29) is 39.3 Å². The largest absolute Gasteiger partial charge is 0.507 e. The Labute approximate surface area is 321 Å². The summed E-state index contributed by atoms with van der Waals surface area (Å²) in [4.78, 5) is 48.1. The topological polar surface area (TPSA) is 197 Å². The summed E-state index contributed by atoms with van der Waals surface area (Å²) < 4.78 is 38.6. The van der Waals surface area contributed by atoms with Crippen molar-refractivity contribution < 1.29 is 62.5 Å². The number of phenols is 2. The van der Waals surface area contributed by atoms with E-state index in [1.165, 1.54) is 47.1 Å². The number of esters is 1. The van der Waals surface area contributed by atoms with Gasteiger partial charge in [0.1, 0.15) is 79.3 Å². The van der Waals surface area contributed by atoms with Gasteiger partial charge in [-0.25, -0.2) is 14.4 Å². The summed E-state index contributed by atoms with van der Waals surface area (Å²) in [6, 6.07) is 11.6. The molecule has 0 radical (unpaired) electrons. The number of aromatic carboxylic acids is 1. The molecular weight excluding hydrogens is 728 g/mol. The molecule has 14 nitrogen and oxygen atoms in total. The van der Waals surface area contributed by atoms with E-state index in [0.29, 0.717) is 56.9 Å². The lowest BCUT2D eigenvalue weighted by atomic mass is 9.98. The first kappa shape index (κ1) is 40.2. The van der Waals surface area contributed by atoms with Gasteiger partial charge in [-0.1, -0.05) is 12.1 Å². The standard InChI is InChI=1S/C23H22O6.C19H18O8/c1-23(2)11-10-15-16(29-23)12-17-19(20(15)26-4)21(27-5)18(22(24)28-17)13-6-8-14(25-3)9-7-13;1-8-5-13(26-4)11(7-20)17(22)14(8)19(25)27-12-6-9(2)16(21)15(10(12)3)18(23)24/h6-12H,1-5H3;5-7,21-22H,1-4H3,(H,23,24). The monoisotopic (exact) mass is 768 g/mol. The number of methoxy groups -OCH3 is 4. The number of carbonyl (C=O) groups is 3. The molecule has 1 aliphatic rings. The molecule has 1 aliphatic heterocycles. The average Bonchev–Trinajstić information content (AvgIpc) is 3.15. The van der Waals surface area contributed by atoms with Crippen molar-refractivity contribution in [3.8, 4) is 57.1 Å². The Morgan fingerprint density at radius 3 is 2.02 bits per heavy atom. The molecule has 0 unspecified atom stereocenters. The molecule has 0 aliphatic carbocycles. The summed E-state index contributed by atoms with van der Waals surface area (Å²) in [7, 11) is 6.00. The summed E-state index contributed by atoms with van der Waals surface area (Å²) >= 11 is 0. The number of aryl methyl sites for hydroxylation is 2. The van der Waals surface area contributed by atoms with Crippen LogP contribution in [0.3, 0.4) is 0 Å². The number of benzene rings is 4. The van der Waals surface area contributed by atoms with Crippen LogP contribution >= 0.6 is 0 Å². The number of rotatable bonds is 9. The van der Waals surface area contributed by atoms with E-state index in [1.54, 1.807) is 44.6 Å². The molecule has 1 aromatic heterocycles. The lowest BCUT2D eigenvalue weighted by Gasteiger charge is -2.29. The van der Waals surface area contributed by atoms with Crippen molar-refractivity contribution in [3.63, 3.8) is 0 Å². The van der Waals surface area contributed by atoms with Gasteiger partial charge in [-0.15, -0.1) is 0 Å². The van der Waals surface area contributed by atoms with Gasteiger partial charge in [-0.3, -0.25) is 4.79 Å². The average molecular weight is 769 g/mol. The number of carboxylic acids is 1. The molecule has 0 saturated heterocycles. The molecule has 0 amide bonds. The van der Waals surface area contributed by atoms with Crippen LogP contribution in [0.15, 0.2) is 57.8 Å². The Kier molecular flexibility index (Phi) is 11.3. The predicted octanol–water partition coefficient (Wildman–Crippen LogP) is 7.43. The smallest absolute Gasteiger partial charge is 0.347 e. The lowest BCUT2D eigenvalue weighted by Crippen LogP contribution is -2.27. The number of carbonyl (C=O) groups excluding carboxylic acids is 2. The number of hydrogen-bond acceptors (Lipinski definition) is 13. The highest BCUT2D eigenvalue weighted by atomic mass is 16.5. The van der Waals surface area contributed by atoms with Gasteiger partial charge in [-0.05, 0) is 87.7 Å². The summed E-state index contributed by atoms with van der Waals surface area (Å²) in [5, 5.41) is 30.1. The third-order valence-corrected chi connectivity index (χ3v) is 9.08. The maximum Gasteiger partial charge on any atom is 0.347 e. The van der Waals surface area contributed by atoms with Crippen LogP contribution in [-0.2, 0) is 0 Å². The van der Waals surface area contributed by atoms with Gasteiger partial charge in [0.25, 0.3) is 0 Å². The Morgan fingerprint density at radius 1 is 0.804 bits per heavy atom. The summed E-state index contributed by atoms with van der Waals surface area (Å²) in [5.41, 5.74) is 0.802. The van der Waals surface area contributed by atoms with Crippen molar-refractivity contribution >= 4 is 35.3 Å². The molecule has 0 atom stereocenters. The van der Waals surface area contributed by atoms with Crippen molar-refractivity contribution in [1.82, 2.24) is 0 Å². The molecule has 292 valence electrons. The normalized spacial score (nSPS) is 12.4. The van der Waals surface area contributed by atoms with E-state index in [2.05, 4.69) is 0 Å². The minimum atomic E-state index is -1.38. The number of ether oxygens (including phenoxy) is 6. The van der Waals surface area contributed by atoms with Crippen LogP contribution in [0.1, 0.15) is 67.2 Å². The maximum atomic E-state index is 12.9. The first-order chi connectivity index (χ1) is 26.5. The van der Waals surface area contributed by atoms with Gasteiger partial charge in [0.15, 0.2) is 6.29 Å². The Balaban J connectivity index is 0.000000215. The molecule has 14 heteroatoms. The van der Waals surface area contributed by atoms with E-state index >= 15 is 0 Å². The molecule has 4 aromatic carbocycles. The first-order valence-corrected chi connectivity index (χ1v) is 16.9. The first-order valence-electron chi connectivity index (χ1n) is 16.9. The third-order valence-electron chi connectivity index (χ3n) is 9.08. The van der Waals surface area contributed by atoms with E-state index in [0.717, 1.165) is 5.56 Å². The molecule has 5 aromatic rings. The van der Waals surface area contributed by atoms with E-state index in [4.69, 9.17) is 32.8 Å². The highest BCUT2D eigenvalue weighted by Gasteiger charge is 2.30. The zero-order valence-electron chi connectivity index (χ0n) is 32.1. The van der Waals surface area contributed by atoms with E-state index < -0.39 is 34.7 Å². The summed E-state index contributed by atoms with van der Waals surface area (Å²) in [6.45, 7) is 8.26. The number of aromatic hydroxyl groups is 2. The van der Waals surface area contributed by atoms with Gasteiger partial charge in [0.05, 0.1) is 39.6 Å². The van der Waals surface area contributed by atoms with Crippen molar-refractivity contribution in [2.45, 2.75) is 40.2 Å². The SMILES string of the molecule is COc1cc(C)c(C(=O)Oc2cc(C)c(O)c(C(=O)O)c2C)c(O)c1C=O.COc1ccc(-c2c(OC)c3c(OC)c4c(cc3oc2=O)OC(C)(C)C=C4)cc1. The number of phenolic OH excluding ortho intramolecular Hbond substituents is 1. The second-order valence-corrected chi connectivity index (χ2v) is 13.1. The van der Waals surface area contributed by atoms with Crippen molar-refractivity contribution in [3.05, 3.63) is 97.9 Å². The molecule has 0 bridgehead atoms. The zero-order valence-corrected chi connectivity index (χ0v) is 32.1. The zero-order chi connectivity index (χ0) is 41.2. The molecule has 2 heterocycles. The quantitative estimate of drug-likeness (QED) is 0.0579. The number of fused-ring (bicyclic) bond motifs is 2. The van der Waals surface area contributed by atoms with Crippen LogP contribution in [0.25, 0.3) is 28.2 Å².